The van der Waals surface area contributed by atoms with Crippen molar-refractivity contribution in [2.45, 2.75) is 4.90 Å². The summed E-state index contributed by atoms with van der Waals surface area (Å²) in [7, 11) is 1.61. The van der Waals surface area contributed by atoms with E-state index in [1.54, 1.807) is 19.2 Å². The standard InChI is InChI=1S/C14H12FNOS/c1-16(10-5-3-2-4-6-10)14(17)12-9-11(18)7-8-13(12)15/h2-9,18H,1H3. The van der Waals surface area contributed by atoms with E-state index in [1.807, 2.05) is 18.2 Å². The molecule has 0 aromatic heterocycles. The number of carbonyl (C=O) groups is 1. The first-order valence-corrected chi connectivity index (χ1v) is 5.86. The lowest BCUT2D eigenvalue weighted by molar-refractivity contribution is 0.0989. The van der Waals surface area contributed by atoms with Crippen molar-refractivity contribution in [1.29, 1.82) is 0 Å². The summed E-state index contributed by atoms with van der Waals surface area (Å²) in [6.07, 6.45) is 0. The van der Waals surface area contributed by atoms with E-state index in [1.165, 1.54) is 23.1 Å². The Bertz CT molecular complexity index is 571. The van der Waals surface area contributed by atoms with Crippen molar-refractivity contribution in [1.82, 2.24) is 0 Å². The summed E-state index contributed by atoms with van der Waals surface area (Å²) in [5, 5.41) is 0. The molecule has 0 heterocycles. The lowest BCUT2D eigenvalue weighted by Gasteiger charge is -2.17. The van der Waals surface area contributed by atoms with E-state index >= 15 is 0 Å². The van der Waals surface area contributed by atoms with E-state index in [-0.39, 0.29) is 5.56 Å². The Morgan fingerprint density at radius 3 is 2.50 bits per heavy atom. The monoisotopic (exact) mass is 261 g/mol. The third-order valence-corrected chi connectivity index (χ3v) is 2.91. The number of benzene rings is 2. The molecule has 0 aliphatic heterocycles. The van der Waals surface area contributed by atoms with Gasteiger partial charge in [-0.05, 0) is 30.3 Å². The molecule has 0 spiro atoms. The Morgan fingerprint density at radius 2 is 1.83 bits per heavy atom. The second-order valence-corrected chi connectivity index (χ2v) is 4.38. The van der Waals surface area contributed by atoms with Gasteiger partial charge in [0.2, 0.25) is 0 Å². The van der Waals surface area contributed by atoms with E-state index in [4.69, 9.17) is 0 Å². The summed E-state index contributed by atoms with van der Waals surface area (Å²) in [6, 6.07) is 13.3. The van der Waals surface area contributed by atoms with Gasteiger partial charge in [0.25, 0.3) is 5.91 Å². The Hall–Kier alpha value is -1.81. The number of amides is 1. The molecule has 18 heavy (non-hydrogen) atoms. The first-order chi connectivity index (χ1) is 8.59. The number of hydrogen-bond acceptors (Lipinski definition) is 2. The van der Waals surface area contributed by atoms with E-state index in [2.05, 4.69) is 12.6 Å². The molecule has 0 N–H and O–H groups in total. The van der Waals surface area contributed by atoms with Crippen molar-refractivity contribution in [2.24, 2.45) is 0 Å². The number of para-hydroxylation sites is 1. The van der Waals surface area contributed by atoms with Crippen LogP contribution in [0.15, 0.2) is 53.4 Å². The Balaban J connectivity index is 2.34. The fraction of sp³-hybridized carbons (Fsp3) is 0.0714. The molecule has 1 amide bonds. The first-order valence-electron chi connectivity index (χ1n) is 5.41. The topological polar surface area (TPSA) is 20.3 Å². The molecule has 4 heteroatoms. The molecule has 0 bridgehead atoms. The van der Waals surface area contributed by atoms with Gasteiger partial charge in [-0.25, -0.2) is 4.39 Å². The van der Waals surface area contributed by atoms with Crippen LogP contribution in [0.25, 0.3) is 0 Å². The van der Waals surface area contributed by atoms with Gasteiger partial charge in [-0.3, -0.25) is 4.79 Å². The molecule has 2 rings (SSSR count). The van der Waals surface area contributed by atoms with E-state index in [0.29, 0.717) is 10.6 Å². The van der Waals surface area contributed by atoms with Crippen molar-refractivity contribution < 1.29 is 9.18 Å². The third kappa shape index (κ3) is 2.54. The number of nitrogens with zero attached hydrogens (tertiary/aromatic N) is 1. The van der Waals surface area contributed by atoms with Gasteiger partial charge in [0, 0.05) is 17.6 Å². The maximum Gasteiger partial charge on any atom is 0.261 e. The molecular formula is C14H12FNOS. The lowest BCUT2D eigenvalue weighted by atomic mass is 10.1. The highest BCUT2D eigenvalue weighted by Gasteiger charge is 2.17. The Kier molecular flexibility index (Phi) is 3.67. The molecule has 0 atom stereocenters. The average Bonchev–Trinajstić information content (AvgIpc) is 2.41. The van der Waals surface area contributed by atoms with Crippen LogP contribution in [-0.4, -0.2) is 13.0 Å². The highest BCUT2D eigenvalue weighted by Crippen LogP contribution is 2.19. The summed E-state index contributed by atoms with van der Waals surface area (Å²) in [4.78, 5) is 14.1. The van der Waals surface area contributed by atoms with Gasteiger partial charge in [-0.15, -0.1) is 12.6 Å². The molecule has 0 fully saturated rings. The summed E-state index contributed by atoms with van der Waals surface area (Å²) < 4.78 is 13.6. The van der Waals surface area contributed by atoms with Crippen LogP contribution in [0.4, 0.5) is 10.1 Å². The van der Waals surface area contributed by atoms with Crippen molar-refractivity contribution in [3.8, 4) is 0 Å². The average molecular weight is 261 g/mol. The second-order valence-electron chi connectivity index (χ2n) is 3.86. The largest absolute Gasteiger partial charge is 0.311 e. The van der Waals surface area contributed by atoms with Gasteiger partial charge in [0.05, 0.1) is 5.56 Å². The maximum atomic E-state index is 13.6. The number of thiol groups is 1. The summed E-state index contributed by atoms with van der Waals surface area (Å²) >= 11 is 4.11. The summed E-state index contributed by atoms with van der Waals surface area (Å²) in [5.41, 5.74) is 0.736. The minimum absolute atomic E-state index is 0.0221. The van der Waals surface area contributed by atoms with Gasteiger partial charge in [-0.1, -0.05) is 18.2 Å². The zero-order valence-corrected chi connectivity index (χ0v) is 10.7. The summed E-state index contributed by atoms with van der Waals surface area (Å²) in [5.74, 6) is -0.935. The highest BCUT2D eigenvalue weighted by molar-refractivity contribution is 7.80. The van der Waals surface area contributed by atoms with Crippen LogP contribution in [0.5, 0.6) is 0 Å². The van der Waals surface area contributed by atoms with Crippen LogP contribution in [0.3, 0.4) is 0 Å². The molecule has 0 aliphatic rings. The van der Waals surface area contributed by atoms with Crippen molar-refractivity contribution in [2.75, 3.05) is 11.9 Å². The molecule has 0 saturated carbocycles. The number of hydrogen-bond donors (Lipinski definition) is 1. The predicted molar refractivity (Wildman–Crippen MR) is 72.8 cm³/mol. The van der Waals surface area contributed by atoms with Crippen LogP contribution in [0.2, 0.25) is 0 Å². The number of halogens is 1. The van der Waals surface area contributed by atoms with Crippen LogP contribution < -0.4 is 4.90 Å². The van der Waals surface area contributed by atoms with Crippen LogP contribution in [0, 0.1) is 5.82 Å². The van der Waals surface area contributed by atoms with Gasteiger partial charge >= 0.3 is 0 Å². The Morgan fingerprint density at radius 1 is 1.17 bits per heavy atom. The van der Waals surface area contributed by atoms with Crippen molar-refractivity contribution in [3.63, 3.8) is 0 Å². The van der Waals surface area contributed by atoms with E-state index in [0.717, 1.165) is 0 Å². The number of carbonyl (C=O) groups excluding carboxylic acids is 1. The fourth-order valence-electron chi connectivity index (χ4n) is 1.63. The van der Waals surface area contributed by atoms with Gasteiger partial charge in [0.1, 0.15) is 5.82 Å². The molecule has 2 nitrogen and oxygen atoms in total. The van der Waals surface area contributed by atoms with Crippen LogP contribution in [-0.2, 0) is 0 Å². The van der Waals surface area contributed by atoms with Crippen LogP contribution in [0.1, 0.15) is 10.4 Å². The molecule has 0 radical (unpaired) electrons. The quantitative estimate of drug-likeness (QED) is 0.822. The molecule has 0 unspecified atom stereocenters. The van der Waals surface area contributed by atoms with Crippen LogP contribution >= 0.6 is 12.6 Å². The first kappa shape index (κ1) is 12.6. The molecule has 0 aliphatic carbocycles. The number of anilines is 1. The third-order valence-electron chi connectivity index (χ3n) is 2.63. The second kappa shape index (κ2) is 5.23. The van der Waals surface area contributed by atoms with E-state index < -0.39 is 11.7 Å². The summed E-state index contributed by atoms with van der Waals surface area (Å²) in [6.45, 7) is 0. The molecule has 92 valence electrons. The molecule has 2 aromatic rings. The fourth-order valence-corrected chi connectivity index (χ4v) is 1.83. The van der Waals surface area contributed by atoms with Gasteiger partial charge in [-0.2, -0.15) is 0 Å². The minimum Gasteiger partial charge on any atom is -0.311 e. The zero-order valence-electron chi connectivity index (χ0n) is 9.80. The minimum atomic E-state index is -0.541. The van der Waals surface area contributed by atoms with Crippen molar-refractivity contribution in [3.05, 3.63) is 59.9 Å². The predicted octanol–water partition coefficient (Wildman–Crippen LogP) is 3.39. The Labute approximate surface area is 110 Å². The smallest absolute Gasteiger partial charge is 0.261 e. The maximum absolute atomic E-state index is 13.6. The highest BCUT2D eigenvalue weighted by atomic mass is 32.1. The van der Waals surface area contributed by atoms with Gasteiger partial charge in [0.15, 0.2) is 0 Å². The van der Waals surface area contributed by atoms with Gasteiger partial charge < -0.3 is 4.90 Å². The lowest BCUT2D eigenvalue weighted by Crippen LogP contribution is -2.27. The molecular weight excluding hydrogens is 249 g/mol. The molecule has 0 saturated heterocycles. The number of rotatable bonds is 2. The zero-order chi connectivity index (χ0) is 13.1. The normalized spacial score (nSPS) is 10.2. The van der Waals surface area contributed by atoms with Crippen molar-refractivity contribution >= 4 is 24.2 Å². The SMILES string of the molecule is CN(C(=O)c1cc(S)ccc1F)c1ccccc1. The molecule has 2 aromatic carbocycles. The van der Waals surface area contributed by atoms with E-state index in [9.17, 15) is 9.18 Å².